The molecule has 0 amide bonds. The quantitative estimate of drug-likeness (QED) is 0.778. The van der Waals surface area contributed by atoms with Crippen molar-refractivity contribution in [2.45, 2.75) is 6.54 Å². The number of carbonyl (C=O) groups is 1. The van der Waals surface area contributed by atoms with Crippen LogP contribution in [-0.4, -0.2) is 29.3 Å². The zero-order valence-electron chi connectivity index (χ0n) is 9.97. The fraction of sp³-hybridized carbons (Fsp3) is 0.231. The van der Waals surface area contributed by atoms with E-state index in [0.29, 0.717) is 6.54 Å². The average Bonchev–Trinajstić information content (AvgIpc) is 2.82. The van der Waals surface area contributed by atoms with E-state index in [-0.39, 0.29) is 17.9 Å². The van der Waals surface area contributed by atoms with Crippen LogP contribution in [0.4, 0.5) is 4.39 Å². The van der Waals surface area contributed by atoms with E-state index in [1.54, 1.807) is 17.6 Å². The topological polar surface area (TPSA) is 33.2 Å². The van der Waals surface area contributed by atoms with Gasteiger partial charge in [-0.1, -0.05) is 12.1 Å². The van der Waals surface area contributed by atoms with Gasteiger partial charge in [0.05, 0.1) is 23.3 Å². The van der Waals surface area contributed by atoms with Gasteiger partial charge in [-0.25, -0.2) is 9.37 Å². The van der Waals surface area contributed by atoms with Crippen LogP contribution in [0.5, 0.6) is 0 Å². The van der Waals surface area contributed by atoms with Gasteiger partial charge in [-0.15, -0.1) is 11.3 Å². The first-order valence-electron chi connectivity index (χ1n) is 5.50. The Hall–Kier alpha value is -1.59. The molecule has 0 bridgehead atoms. The second-order valence-corrected chi connectivity index (χ2v) is 4.77. The van der Waals surface area contributed by atoms with E-state index in [4.69, 9.17) is 0 Å². The number of nitrogens with zero attached hydrogens (tertiary/aromatic N) is 2. The van der Waals surface area contributed by atoms with E-state index in [2.05, 4.69) is 4.98 Å². The SMILES string of the molecule is CN(CC(=O)c1ccccc1F)Cc1cscn1. The van der Waals surface area contributed by atoms with Crippen molar-refractivity contribution >= 4 is 17.1 Å². The van der Waals surface area contributed by atoms with Crippen LogP contribution in [0.2, 0.25) is 0 Å². The molecular formula is C13H13FN2OS. The standard InChI is InChI=1S/C13H13FN2OS/c1-16(6-10-8-18-9-15-10)7-13(17)11-4-2-3-5-12(11)14/h2-5,8-9H,6-7H2,1H3. The van der Waals surface area contributed by atoms with Crippen LogP contribution in [0, 0.1) is 5.82 Å². The van der Waals surface area contributed by atoms with Crippen molar-refractivity contribution in [1.82, 2.24) is 9.88 Å². The van der Waals surface area contributed by atoms with Gasteiger partial charge >= 0.3 is 0 Å². The Bertz CT molecular complexity index is 528. The first-order chi connectivity index (χ1) is 8.66. The van der Waals surface area contributed by atoms with Gasteiger partial charge in [-0.2, -0.15) is 0 Å². The summed E-state index contributed by atoms with van der Waals surface area (Å²) < 4.78 is 13.4. The van der Waals surface area contributed by atoms with Crippen molar-refractivity contribution in [1.29, 1.82) is 0 Å². The minimum atomic E-state index is -0.468. The number of thiazole rings is 1. The highest BCUT2D eigenvalue weighted by Gasteiger charge is 2.13. The molecule has 18 heavy (non-hydrogen) atoms. The first kappa shape index (κ1) is 12.9. The van der Waals surface area contributed by atoms with Crippen LogP contribution in [0.15, 0.2) is 35.2 Å². The lowest BCUT2D eigenvalue weighted by Gasteiger charge is -2.14. The molecule has 0 fully saturated rings. The molecule has 0 aliphatic heterocycles. The third-order valence-electron chi connectivity index (χ3n) is 2.50. The van der Waals surface area contributed by atoms with Crippen LogP contribution in [-0.2, 0) is 6.54 Å². The molecule has 1 aromatic carbocycles. The number of halogens is 1. The molecular weight excluding hydrogens is 251 g/mol. The van der Waals surface area contributed by atoms with E-state index in [1.807, 2.05) is 17.3 Å². The second kappa shape index (κ2) is 5.84. The van der Waals surface area contributed by atoms with Crippen molar-refractivity contribution < 1.29 is 9.18 Å². The van der Waals surface area contributed by atoms with E-state index < -0.39 is 5.82 Å². The predicted molar refractivity (Wildman–Crippen MR) is 69.2 cm³/mol. The summed E-state index contributed by atoms with van der Waals surface area (Å²) in [6.07, 6.45) is 0. The smallest absolute Gasteiger partial charge is 0.179 e. The van der Waals surface area contributed by atoms with E-state index >= 15 is 0 Å². The van der Waals surface area contributed by atoms with Gasteiger partial charge in [-0.3, -0.25) is 9.69 Å². The van der Waals surface area contributed by atoms with Crippen molar-refractivity contribution in [3.05, 3.63) is 52.2 Å². The van der Waals surface area contributed by atoms with E-state index in [0.717, 1.165) is 5.69 Å². The summed E-state index contributed by atoms with van der Waals surface area (Å²) in [5, 5.41) is 1.93. The molecule has 0 aliphatic rings. The highest BCUT2D eigenvalue weighted by atomic mass is 32.1. The normalized spacial score (nSPS) is 10.8. The third-order valence-corrected chi connectivity index (χ3v) is 3.14. The number of carbonyl (C=O) groups excluding carboxylic acids is 1. The number of aromatic nitrogens is 1. The molecule has 0 radical (unpaired) electrons. The van der Waals surface area contributed by atoms with Gasteiger partial charge in [0.15, 0.2) is 5.78 Å². The average molecular weight is 264 g/mol. The zero-order valence-corrected chi connectivity index (χ0v) is 10.8. The maximum Gasteiger partial charge on any atom is 0.179 e. The van der Waals surface area contributed by atoms with Gasteiger partial charge in [-0.05, 0) is 19.2 Å². The summed E-state index contributed by atoms with van der Waals surface area (Å²) in [5.41, 5.74) is 2.81. The number of hydrogen-bond acceptors (Lipinski definition) is 4. The van der Waals surface area contributed by atoms with Crippen LogP contribution in [0.3, 0.4) is 0 Å². The Morgan fingerprint density at radius 3 is 2.89 bits per heavy atom. The maximum atomic E-state index is 13.4. The molecule has 5 heteroatoms. The molecule has 0 unspecified atom stereocenters. The minimum absolute atomic E-state index is 0.141. The Labute approximate surface area is 109 Å². The first-order valence-corrected chi connectivity index (χ1v) is 6.44. The van der Waals surface area contributed by atoms with Gasteiger partial charge < -0.3 is 0 Å². The molecule has 0 aliphatic carbocycles. The molecule has 1 aromatic heterocycles. The molecule has 94 valence electrons. The van der Waals surface area contributed by atoms with E-state index in [9.17, 15) is 9.18 Å². The molecule has 0 N–H and O–H groups in total. The van der Waals surface area contributed by atoms with Crippen LogP contribution in [0.1, 0.15) is 16.1 Å². The number of likely N-dealkylation sites (N-methyl/N-ethyl adjacent to an activating group) is 1. The van der Waals surface area contributed by atoms with Crippen LogP contribution < -0.4 is 0 Å². The van der Waals surface area contributed by atoms with Gasteiger partial charge in [0.2, 0.25) is 0 Å². The highest BCUT2D eigenvalue weighted by molar-refractivity contribution is 7.07. The highest BCUT2D eigenvalue weighted by Crippen LogP contribution is 2.09. The second-order valence-electron chi connectivity index (χ2n) is 4.06. The van der Waals surface area contributed by atoms with Crippen molar-refractivity contribution in [3.8, 4) is 0 Å². The minimum Gasteiger partial charge on any atom is -0.293 e. The molecule has 0 saturated carbocycles. The molecule has 0 atom stereocenters. The van der Waals surface area contributed by atoms with Crippen molar-refractivity contribution in [2.24, 2.45) is 0 Å². The maximum absolute atomic E-state index is 13.4. The molecule has 2 aromatic rings. The zero-order chi connectivity index (χ0) is 13.0. The van der Waals surface area contributed by atoms with Gasteiger partial charge in [0.1, 0.15) is 5.82 Å². The summed E-state index contributed by atoms with van der Waals surface area (Å²) in [6, 6.07) is 6.05. The molecule has 2 rings (SSSR count). The van der Waals surface area contributed by atoms with E-state index in [1.165, 1.54) is 23.5 Å². The molecule has 0 saturated heterocycles. The van der Waals surface area contributed by atoms with Crippen LogP contribution >= 0.6 is 11.3 Å². The van der Waals surface area contributed by atoms with Gasteiger partial charge in [0, 0.05) is 11.9 Å². The van der Waals surface area contributed by atoms with Crippen molar-refractivity contribution in [2.75, 3.05) is 13.6 Å². The molecule has 0 spiro atoms. The monoisotopic (exact) mass is 264 g/mol. The lowest BCUT2D eigenvalue weighted by molar-refractivity contribution is 0.0938. The Morgan fingerprint density at radius 2 is 2.22 bits per heavy atom. The number of hydrogen-bond donors (Lipinski definition) is 0. The van der Waals surface area contributed by atoms with Gasteiger partial charge in [0.25, 0.3) is 0 Å². The molecule has 1 heterocycles. The Morgan fingerprint density at radius 1 is 1.44 bits per heavy atom. The predicted octanol–water partition coefficient (Wildman–Crippen LogP) is 2.60. The van der Waals surface area contributed by atoms with Crippen molar-refractivity contribution in [3.63, 3.8) is 0 Å². The third kappa shape index (κ3) is 3.21. The molecule has 3 nitrogen and oxygen atoms in total. The Balaban J connectivity index is 1.97. The summed E-state index contributed by atoms with van der Waals surface area (Å²) in [5.74, 6) is -0.685. The lowest BCUT2D eigenvalue weighted by atomic mass is 10.1. The fourth-order valence-corrected chi connectivity index (χ4v) is 2.22. The summed E-state index contributed by atoms with van der Waals surface area (Å²) in [7, 11) is 1.82. The van der Waals surface area contributed by atoms with Crippen LogP contribution in [0.25, 0.3) is 0 Å². The number of benzene rings is 1. The summed E-state index contributed by atoms with van der Waals surface area (Å²) in [6.45, 7) is 0.766. The number of Topliss-reactive ketones (excluding diaryl/α,β-unsaturated/α-hetero) is 1. The summed E-state index contributed by atoms with van der Waals surface area (Å²) in [4.78, 5) is 17.9. The Kier molecular flexibility index (Phi) is 4.17. The fourth-order valence-electron chi connectivity index (χ4n) is 1.67. The summed E-state index contributed by atoms with van der Waals surface area (Å²) >= 11 is 1.52. The largest absolute Gasteiger partial charge is 0.293 e. The lowest BCUT2D eigenvalue weighted by Crippen LogP contribution is -2.26. The number of ketones is 1. The number of rotatable bonds is 5.